The lowest BCUT2D eigenvalue weighted by Gasteiger charge is -2.16. The van der Waals surface area contributed by atoms with Gasteiger partial charge in [0.05, 0.1) is 21.3 Å². The molecule has 5 nitrogen and oxygen atoms in total. The van der Waals surface area contributed by atoms with Crippen molar-refractivity contribution in [2.45, 2.75) is 6.54 Å². The van der Waals surface area contributed by atoms with Gasteiger partial charge in [-0.1, -0.05) is 23.2 Å². The molecule has 0 saturated carbocycles. The molecule has 0 spiro atoms. The van der Waals surface area contributed by atoms with E-state index in [1.807, 2.05) is 25.2 Å². The number of halogens is 2. The van der Waals surface area contributed by atoms with Gasteiger partial charge in [0, 0.05) is 27.4 Å². The quantitative estimate of drug-likeness (QED) is 0.772. The minimum Gasteiger partial charge on any atom is -0.497 e. The van der Waals surface area contributed by atoms with Crippen molar-refractivity contribution >= 4 is 34.8 Å². The number of hydrogen-bond acceptors (Lipinski definition) is 3. The topological polar surface area (TPSA) is 52.0 Å². The molecule has 1 unspecified atom stereocenters. The van der Waals surface area contributed by atoms with Crippen LogP contribution < -0.4 is 19.7 Å². The first-order valence-corrected chi connectivity index (χ1v) is 8.45. The Morgan fingerprint density at radius 2 is 1.76 bits per heavy atom. The zero-order chi connectivity index (χ0) is 18.4. The van der Waals surface area contributed by atoms with Gasteiger partial charge in [-0.2, -0.15) is 0 Å². The van der Waals surface area contributed by atoms with E-state index in [1.165, 1.54) is 0 Å². The lowest BCUT2D eigenvalue weighted by molar-refractivity contribution is -0.885. The lowest BCUT2D eigenvalue weighted by atomic mass is 10.2. The van der Waals surface area contributed by atoms with E-state index in [9.17, 15) is 4.79 Å². The highest BCUT2D eigenvalue weighted by molar-refractivity contribution is 6.35. The molecule has 1 atom stereocenters. The Kier molecular flexibility index (Phi) is 6.93. The highest BCUT2D eigenvalue weighted by Gasteiger charge is 2.14. The van der Waals surface area contributed by atoms with Gasteiger partial charge >= 0.3 is 0 Å². The zero-order valence-corrected chi connectivity index (χ0v) is 15.9. The minimum absolute atomic E-state index is 0.122. The van der Waals surface area contributed by atoms with E-state index in [2.05, 4.69) is 5.32 Å². The molecule has 0 fully saturated rings. The molecular formula is C18H21Cl2N2O3+. The van der Waals surface area contributed by atoms with Crippen LogP contribution in [0.3, 0.4) is 0 Å². The van der Waals surface area contributed by atoms with E-state index >= 15 is 0 Å². The Balaban J connectivity index is 1.97. The summed E-state index contributed by atoms with van der Waals surface area (Å²) < 4.78 is 10.6. The average molecular weight is 384 g/mol. The van der Waals surface area contributed by atoms with Gasteiger partial charge in [-0.05, 0) is 30.3 Å². The first kappa shape index (κ1) is 19.4. The van der Waals surface area contributed by atoms with E-state index in [1.54, 1.807) is 32.4 Å². The number of anilines is 1. The molecule has 7 heteroatoms. The summed E-state index contributed by atoms with van der Waals surface area (Å²) in [6, 6.07) is 10.6. The van der Waals surface area contributed by atoms with Crippen molar-refractivity contribution in [3.63, 3.8) is 0 Å². The molecule has 2 aromatic rings. The van der Waals surface area contributed by atoms with Crippen LogP contribution in [0.25, 0.3) is 0 Å². The first-order valence-electron chi connectivity index (χ1n) is 7.69. The van der Waals surface area contributed by atoms with E-state index in [-0.39, 0.29) is 5.91 Å². The molecule has 0 heterocycles. The van der Waals surface area contributed by atoms with Gasteiger partial charge in [-0.3, -0.25) is 4.79 Å². The van der Waals surface area contributed by atoms with Crippen LogP contribution in [0, 0.1) is 0 Å². The third-order valence-corrected chi connectivity index (χ3v) is 4.03. The van der Waals surface area contributed by atoms with Gasteiger partial charge in [0.15, 0.2) is 6.54 Å². The first-order chi connectivity index (χ1) is 11.9. The molecule has 0 radical (unpaired) electrons. The number of hydrogen-bond donors (Lipinski definition) is 2. The van der Waals surface area contributed by atoms with Gasteiger partial charge in [0.1, 0.15) is 18.0 Å². The standard InChI is InChI=1S/C18H20Cl2N2O3/c1-22(10-12-4-5-16(24-2)9-17(12)25-3)11-18(23)21-15-7-13(19)6-14(20)8-15/h4-9H,10-11H2,1-3H3,(H,21,23)/p+1. The summed E-state index contributed by atoms with van der Waals surface area (Å²) in [6.45, 7) is 0.927. The van der Waals surface area contributed by atoms with Gasteiger partial charge in [-0.15, -0.1) is 0 Å². The molecule has 0 aromatic heterocycles. The maximum absolute atomic E-state index is 12.2. The number of methoxy groups -OCH3 is 2. The van der Waals surface area contributed by atoms with E-state index < -0.39 is 0 Å². The summed E-state index contributed by atoms with van der Waals surface area (Å²) >= 11 is 11.9. The summed E-state index contributed by atoms with van der Waals surface area (Å²) in [5.41, 5.74) is 1.58. The average Bonchev–Trinajstić information content (AvgIpc) is 2.53. The van der Waals surface area contributed by atoms with Crippen molar-refractivity contribution in [3.8, 4) is 11.5 Å². The van der Waals surface area contributed by atoms with Crippen LogP contribution in [0.1, 0.15) is 5.56 Å². The summed E-state index contributed by atoms with van der Waals surface area (Å²) in [7, 11) is 5.16. The Hall–Kier alpha value is -1.95. The van der Waals surface area contributed by atoms with Crippen molar-refractivity contribution in [1.82, 2.24) is 0 Å². The second-order valence-corrected chi connectivity index (χ2v) is 6.57. The van der Waals surface area contributed by atoms with Gasteiger partial charge < -0.3 is 19.7 Å². The third kappa shape index (κ3) is 5.81. The molecule has 2 rings (SSSR count). The highest BCUT2D eigenvalue weighted by Crippen LogP contribution is 2.24. The predicted octanol–water partition coefficient (Wildman–Crippen LogP) is 2.66. The molecule has 1 amide bonds. The number of likely N-dealkylation sites (N-methyl/N-ethyl adjacent to an activating group) is 1. The van der Waals surface area contributed by atoms with Gasteiger partial charge in [-0.25, -0.2) is 0 Å². The monoisotopic (exact) mass is 383 g/mol. The Bertz CT molecular complexity index is 733. The van der Waals surface area contributed by atoms with Crippen LogP contribution in [0.5, 0.6) is 11.5 Å². The predicted molar refractivity (Wildman–Crippen MR) is 100 cm³/mol. The highest BCUT2D eigenvalue weighted by atomic mass is 35.5. The smallest absolute Gasteiger partial charge is 0.279 e. The number of carbonyl (C=O) groups is 1. The summed E-state index contributed by atoms with van der Waals surface area (Å²) in [5, 5.41) is 3.76. The Labute approximate surface area is 157 Å². The third-order valence-electron chi connectivity index (χ3n) is 3.60. The molecule has 0 saturated heterocycles. The van der Waals surface area contributed by atoms with Crippen LogP contribution in [-0.2, 0) is 11.3 Å². The fourth-order valence-electron chi connectivity index (χ4n) is 2.49. The normalized spacial score (nSPS) is 11.7. The maximum atomic E-state index is 12.2. The van der Waals surface area contributed by atoms with E-state index in [0.717, 1.165) is 22.0 Å². The number of benzene rings is 2. The molecular weight excluding hydrogens is 363 g/mol. The van der Waals surface area contributed by atoms with Gasteiger partial charge in [0.2, 0.25) is 0 Å². The van der Waals surface area contributed by atoms with Crippen molar-refractivity contribution in [2.75, 3.05) is 33.1 Å². The van der Waals surface area contributed by atoms with Crippen LogP contribution >= 0.6 is 23.2 Å². The molecule has 0 aliphatic carbocycles. The fourth-order valence-corrected chi connectivity index (χ4v) is 3.02. The van der Waals surface area contributed by atoms with E-state index in [4.69, 9.17) is 32.7 Å². The Morgan fingerprint density at radius 3 is 2.36 bits per heavy atom. The summed E-state index contributed by atoms with van der Waals surface area (Å²) in [5.74, 6) is 1.35. The van der Waals surface area contributed by atoms with Crippen molar-refractivity contribution < 1.29 is 19.2 Å². The largest absolute Gasteiger partial charge is 0.497 e. The van der Waals surface area contributed by atoms with Crippen LogP contribution in [0.2, 0.25) is 10.0 Å². The number of carbonyl (C=O) groups excluding carboxylic acids is 1. The van der Waals surface area contributed by atoms with Crippen LogP contribution in [0.15, 0.2) is 36.4 Å². The van der Waals surface area contributed by atoms with Crippen LogP contribution in [-0.4, -0.2) is 33.7 Å². The SMILES string of the molecule is COc1ccc(C[NH+](C)CC(=O)Nc2cc(Cl)cc(Cl)c2)c(OC)c1. The number of quaternary nitrogens is 1. The second-order valence-electron chi connectivity index (χ2n) is 5.69. The molecule has 0 aliphatic rings. The van der Waals surface area contributed by atoms with E-state index in [0.29, 0.717) is 28.8 Å². The number of rotatable bonds is 7. The molecule has 134 valence electrons. The molecule has 0 aliphatic heterocycles. The van der Waals surface area contributed by atoms with Crippen molar-refractivity contribution in [1.29, 1.82) is 0 Å². The van der Waals surface area contributed by atoms with Crippen molar-refractivity contribution in [2.24, 2.45) is 0 Å². The lowest BCUT2D eigenvalue weighted by Crippen LogP contribution is -3.08. The fraction of sp³-hybridized carbons (Fsp3) is 0.278. The zero-order valence-electron chi connectivity index (χ0n) is 14.4. The molecule has 2 N–H and O–H groups in total. The number of amides is 1. The molecule has 25 heavy (non-hydrogen) atoms. The summed E-state index contributed by atoms with van der Waals surface area (Å²) in [4.78, 5) is 13.2. The maximum Gasteiger partial charge on any atom is 0.279 e. The van der Waals surface area contributed by atoms with Crippen LogP contribution in [0.4, 0.5) is 5.69 Å². The summed E-state index contributed by atoms with van der Waals surface area (Å²) in [6.07, 6.45) is 0. The number of nitrogens with one attached hydrogen (secondary N) is 2. The Morgan fingerprint density at radius 1 is 1.08 bits per heavy atom. The minimum atomic E-state index is -0.122. The van der Waals surface area contributed by atoms with Gasteiger partial charge in [0.25, 0.3) is 5.91 Å². The molecule has 0 bridgehead atoms. The number of ether oxygens (including phenoxy) is 2. The van der Waals surface area contributed by atoms with Crippen molar-refractivity contribution in [3.05, 3.63) is 52.0 Å². The second kappa shape index (κ2) is 8.94. The molecule has 2 aromatic carbocycles.